The zero-order valence-electron chi connectivity index (χ0n) is 21.1. The molecule has 2 atom stereocenters. The predicted octanol–water partition coefficient (Wildman–Crippen LogP) is 5.16. The number of nitrogens with zero attached hydrogens (tertiary/aromatic N) is 2. The largest absolute Gasteiger partial charge is 0.497 e. The normalized spacial score (nSPS) is 12.8. The van der Waals surface area contributed by atoms with Gasteiger partial charge in [0.2, 0.25) is 17.9 Å². The van der Waals surface area contributed by atoms with Gasteiger partial charge < -0.3 is 30.8 Å². The molecule has 1 heterocycles. The van der Waals surface area contributed by atoms with Gasteiger partial charge in [-0.15, -0.1) is 0 Å². The molecule has 0 bridgehead atoms. The summed E-state index contributed by atoms with van der Waals surface area (Å²) in [7, 11) is 1.53. The molecule has 0 saturated carbocycles. The summed E-state index contributed by atoms with van der Waals surface area (Å²) >= 11 is 0. The van der Waals surface area contributed by atoms with Crippen molar-refractivity contribution in [3.63, 3.8) is 0 Å². The van der Waals surface area contributed by atoms with Crippen molar-refractivity contribution in [2.45, 2.75) is 24.7 Å². The van der Waals surface area contributed by atoms with Crippen LogP contribution in [0, 0.1) is 0 Å². The lowest BCUT2D eigenvalue weighted by Crippen LogP contribution is -2.32. The number of hydrogen-bond donors (Lipinski definition) is 3. The van der Waals surface area contributed by atoms with Crippen molar-refractivity contribution in [3.05, 3.63) is 90.0 Å². The smallest absolute Gasteiger partial charge is 0.429 e. The van der Waals surface area contributed by atoms with Crippen LogP contribution in [0.4, 0.5) is 19.1 Å². The third-order valence-electron chi connectivity index (χ3n) is 5.76. The Hall–Kier alpha value is -4.84. The summed E-state index contributed by atoms with van der Waals surface area (Å²) in [5.74, 6) is -0.337. The molecule has 4 aromatic rings. The number of ether oxygens (including phenoxy) is 3. The molecule has 4 rings (SSSR count). The molecule has 40 heavy (non-hydrogen) atoms. The lowest BCUT2D eigenvalue weighted by Gasteiger charge is -2.22. The first-order valence-corrected chi connectivity index (χ1v) is 11.9. The summed E-state index contributed by atoms with van der Waals surface area (Å²) in [5.41, 5.74) is 12.6. The van der Waals surface area contributed by atoms with E-state index in [1.807, 2.05) is 0 Å². The Morgan fingerprint density at radius 2 is 1.50 bits per heavy atom. The van der Waals surface area contributed by atoms with Crippen LogP contribution in [-0.2, 0) is 11.2 Å². The molecular weight excluding hydrogens is 529 g/mol. The number of anilines is 1. The van der Waals surface area contributed by atoms with Crippen LogP contribution < -0.4 is 25.7 Å². The van der Waals surface area contributed by atoms with Crippen LogP contribution in [0.25, 0.3) is 11.3 Å². The van der Waals surface area contributed by atoms with Crippen molar-refractivity contribution in [1.82, 2.24) is 9.97 Å². The van der Waals surface area contributed by atoms with Crippen molar-refractivity contribution in [1.29, 1.82) is 0 Å². The number of aliphatic carboxylic acids is 1. The number of hydrogen-bond acceptors (Lipinski definition) is 8. The number of benzene rings is 3. The van der Waals surface area contributed by atoms with Gasteiger partial charge in [-0.05, 0) is 48.4 Å². The van der Waals surface area contributed by atoms with Crippen molar-refractivity contribution >= 4 is 11.9 Å². The fourth-order valence-corrected chi connectivity index (χ4v) is 3.74. The number of methoxy groups -OCH3 is 1. The van der Waals surface area contributed by atoms with Gasteiger partial charge in [0.25, 0.3) is 0 Å². The number of carbonyl (C=O) groups is 1. The number of carboxylic acid groups (broad SMARTS) is 1. The Morgan fingerprint density at radius 3 is 2.05 bits per heavy atom. The molecule has 0 aliphatic rings. The molecule has 0 aliphatic heterocycles. The summed E-state index contributed by atoms with van der Waals surface area (Å²) in [6.45, 7) is 0. The highest BCUT2D eigenvalue weighted by molar-refractivity contribution is 5.73. The topological polar surface area (TPSA) is 143 Å². The molecule has 5 N–H and O–H groups in total. The Balaban J connectivity index is 1.53. The zero-order chi connectivity index (χ0) is 28.9. The number of nitrogen functional groups attached to an aromatic ring is 1. The van der Waals surface area contributed by atoms with Crippen LogP contribution >= 0.6 is 0 Å². The third kappa shape index (κ3) is 7.17. The number of halogens is 3. The molecule has 208 valence electrons. The van der Waals surface area contributed by atoms with Gasteiger partial charge in [-0.2, -0.15) is 18.2 Å². The van der Waals surface area contributed by atoms with E-state index in [-0.39, 0.29) is 29.5 Å². The van der Waals surface area contributed by atoms with E-state index in [1.54, 1.807) is 48.5 Å². The van der Waals surface area contributed by atoms with Crippen LogP contribution in [-0.4, -0.2) is 40.4 Å². The average Bonchev–Trinajstić information content (AvgIpc) is 2.92. The monoisotopic (exact) mass is 554 g/mol. The van der Waals surface area contributed by atoms with Crippen molar-refractivity contribution in [3.8, 4) is 34.4 Å². The summed E-state index contributed by atoms with van der Waals surface area (Å²) in [6.07, 6.45) is -7.01. The lowest BCUT2D eigenvalue weighted by atomic mass is 10.0. The second-order valence-corrected chi connectivity index (χ2v) is 8.68. The van der Waals surface area contributed by atoms with Crippen LogP contribution in [0.3, 0.4) is 0 Å². The van der Waals surface area contributed by atoms with Gasteiger partial charge in [-0.25, -0.2) is 4.98 Å². The quantitative estimate of drug-likeness (QED) is 0.242. The second kappa shape index (κ2) is 11.9. The molecule has 0 spiro atoms. The maximum absolute atomic E-state index is 14.0. The Labute approximate surface area is 227 Å². The molecular formula is C28H25F3N4O5. The summed E-state index contributed by atoms with van der Waals surface area (Å²) in [5, 5.41) is 8.98. The predicted molar refractivity (Wildman–Crippen MR) is 140 cm³/mol. The molecule has 0 aliphatic carbocycles. The molecule has 0 radical (unpaired) electrons. The number of aromatic nitrogens is 2. The van der Waals surface area contributed by atoms with Gasteiger partial charge >= 0.3 is 12.1 Å². The first-order valence-electron chi connectivity index (χ1n) is 11.9. The molecule has 3 aromatic carbocycles. The summed E-state index contributed by atoms with van der Waals surface area (Å²) in [4.78, 5) is 18.9. The number of rotatable bonds is 10. The SMILES string of the molecule is COc1ccc(Oc2ccc(C(Oc3cc(-c4ccc(C[C@H](N)C(=O)O)cc4)nc(N)n3)C(F)(F)F)cc2)cc1. The molecule has 0 amide bonds. The number of alkyl halides is 3. The van der Waals surface area contributed by atoms with Crippen LogP contribution in [0.1, 0.15) is 17.2 Å². The highest BCUT2D eigenvalue weighted by Crippen LogP contribution is 2.38. The minimum atomic E-state index is -4.78. The molecule has 0 fully saturated rings. The van der Waals surface area contributed by atoms with Gasteiger partial charge in [-0.3, -0.25) is 4.79 Å². The minimum absolute atomic E-state index is 0.104. The van der Waals surface area contributed by atoms with Gasteiger partial charge in [-0.1, -0.05) is 36.4 Å². The van der Waals surface area contributed by atoms with E-state index < -0.39 is 24.3 Å². The average molecular weight is 555 g/mol. The van der Waals surface area contributed by atoms with Crippen molar-refractivity contribution < 1.29 is 37.3 Å². The summed E-state index contributed by atoms with van der Waals surface area (Å²) in [6, 6.07) is 18.8. The van der Waals surface area contributed by atoms with Gasteiger partial charge in [0.1, 0.15) is 23.3 Å². The second-order valence-electron chi connectivity index (χ2n) is 8.68. The van der Waals surface area contributed by atoms with E-state index in [0.29, 0.717) is 28.4 Å². The first kappa shape index (κ1) is 28.2. The van der Waals surface area contributed by atoms with Crippen LogP contribution in [0.15, 0.2) is 78.9 Å². The molecule has 0 saturated heterocycles. The number of carboxylic acids is 1. The molecule has 1 aromatic heterocycles. The Morgan fingerprint density at radius 1 is 0.925 bits per heavy atom. The lowest BCUT2D eigenvalue weighted by molar-refractivity contribution is -0.198. The third-order valence-corrected chi connectivity index (χ3v) is 5.76. The fourth-order valence-electron chi connectivity index (χ4n) is 3.74. The maximum atomic E-state index is 14.0. The van der Waals surface area contributed by atoms with E-state index in [0.717, 1.165) is 0 Å². The number of nitrogens with two attached hydrogens (primary N) is 2. The van der Waals surface area contributed by atoms with E-state index in [9.17, 15) is 18.0 Å². The van der Waals surface area contributed by atoms with E-state index >= 15 is 0 Å². The van der Waals surface area contributed by atoms with E-state index in [2.05, 4.69) is 9.97 Å². The Bertz CT molecular complexity index is 1450. The summed E-state index contributed by atoms with van der Waals surface area (Å²) < 4.78 is 58.2. The van der Waals surface area contributed by atoms with E-state index in [4.69, 9.17) is 30.8 Å². The maximum Gasteiger partial charge on any atom is 0.429 e. The molecule has 12 heteroatoms. The van der Waals surface area contributed by atoms with Crippen LogP contribution in [0.2, 0.25) is 0 Å². The minimum Gasteiger partial charge on any atom is -0.497 e. The van der Waals surface area contributed by atoms with Crippen LogP contribution in [0.5, 0.6) is 23.1 Å². The van der Waals surface area contributed by atoms with Gasteiger partial charge in [0, 0.05) is 17.2 Å². The molecule has 1 unspecified atom stereocenters. The first-order chi connectivity index (χ1) is 19.0. The van der Waals surface area contributed by atoms with E-state index in [1.165, 1.54) is 37.4 Å². The highest BCUT2D eigenvalue weighted by atomic mass is 19.4. The van der Waals surface area contributed by atoms with Crippen molar-refractivity contribution in [2.75, 3.05) is 12.8 Å². The zero-order valence-corrected chi connectivity index (χ0v) is 21.1. The van der Waals surface area contributed by atoms with Gasteiger partial charge in [0.15, 0.2) is 0 Å². The fraction of sp³-hybridized carbons (Fsp3) is 0.179. The Kier molecular flexibility index (Phi) is 8.39. The van der Waals surface area contributed by atoms with Crippen molar-refractivity contribution in [2.24, 2.45) is 5.73 Å². The van der Waals surface area contributed by atoms with Gasteiger partial charge in [0.05, 0.1) is 12.8 Å². The molecule has 9 nitrogen and oxygen atoms in total. The highest BCUT2D eigenvalue weighted by Gasteiger charge is 2.43. The standard InChI is InChI=1S/C28H25F3N4O5/c1-38-19-10-12-21(13-11-19)39-20-8-6-18(7-9-20)25(28(29,30)31)40-24-15-23(34-27(33)35-24)17-4-2-16(3-5-17)14-22(32)26(36)37/h2-13,15,22,25H,14,32H2,1H3,(H,36,37)(H2,33,34,35)/t22-,25?/m0/s1.